The van der Waals surface area contributed by atoms with Crippen LogP contribution in [0.2, 0.25) is 0 Å². The fourth-order valence-electron chi connectivity index (χ4n) is 1.54. The molecule has 2 N–H and O–H groups in total. The highest BCUT2D eigenvalue weighted by atomic mass is 16.3. The number of nitrogens with one attached hydrogen (secondary N) is 2. The maximum atomic E-state index is 11.6. The van der Waals surface area contributed by atoms with E-state index in [1.807, 2.05) is 44.2 Å². The number of rotatable bonds is 3. The standard InChI is InChI=1S/C14H15N3O2/c1-10-5-3-4-6-13(10)16-14(18)17-15-9-12-8-7-11(2)19-12/h3-9H,1-2H3,(H2,16,17,18). The number of urea groups is 1. The third-order valence-corrected chi connectivity index (χ3v) is 2.51. The molecule has 5 heteroatoms. The molecule has 19 heavy (non-hydrogen) atoms. The zero-order valence-electron chi connectivity index (χ0n) is 10.8. The number of anilines is 1. The van der Waals surface area contributed by atoms with Crippen LogP contribution in [-0.2, 0) is 0 Å². The molecule has 0 fully saturated rings. The van der Waals surface area contributed by atoms with E-state index in [-0.39, 0.29) is 0 Å². The summed E-state index contributed by atoms with van der Waals surface area (Å²) in [5, 5.41) is 6.51. The number of hydrazone groups is 1. The third kappa shape index (κ3) is 3.70. The average molecular weight is 257 g/mol. The summed E-state index contributed by atoms with van der Waals surface area (Å²) in [7, 11) is 0. The van der Waals surface area contributed by atoms with E-state index in [2.05, 4.69) is 15.8 Å². The van der Waals surface area contributed by atoms with E-state index in [1.165, 1.54) is 6.21 Å². The minimum Gasteiger partial charge on any atom is -0.460 e. The largest absolute Gasteiger partial charge is 0.460 e. The number of hydrogen-bond donors (Lipinski definition) is 2. The number of aryl methyl sites for hydroxylation is 2. The molecule has 0 bridgehead atoms. The molecule has 1 aromatic carbocycles. The topological polar surface area (TPSA) is 66.6 Å². The van der Waals surface area contributed by atoms with Crippen LogP contribution in [0.4, 0.5) is 10.5 Å². The molecule has 0 aliphatic rings. The number of carbonyl (C=O) groups is 1. The van der Waals surface area contributed by atoms with Crippen molar-refractivity contribution in [3.63, 3.8) is 0 Å². The van der Waals surface area contributed by atoms with Gasteiger partial charge in [0.05, 0.1) is 6.21 Å². The number of hydrogen-bond acceptors (Lipinski definition) is 3. The molecule has 0 radical (unpaired) electrons. The predicted molar refractivity (Wildman–Crippen MR) is 74.4 cm³/mol. The minimum absolute atomic E-state index is 0.395. The van der Waals surface area contributed by atoms with Crippen LogP contribution in [0.1, 0.15) is 17.1 Å². The van der Waals surface area contributed by atoms with E-state index in [0.29, 0.717) is 5.76 Å². The molecule has 2 aromatic rings. The Morgan fingerprint density at radius 1 is 1.21 bits per heavy atom. The molecule has 0 saturated heterocycles. The summed E-state index contributed by atoms with van der Waals surface area (Å²) in [4.78, 5) is 11.6. The number of benzene rings is 1. The van der Waals surface area contributed by atoms with Gasteiger partial charge in [0.1, 0.15) is 11.5 Å². The minimum atomic E-state index is -0.395. The lowest BCUT2D eigenvalue weighted by Gasteiger charge is -2.06. The van der Waals surface area contributed by atoms with E-state index in [1.54, 1.807) is 6.07 Å². The normalized spacial score (nSPS) is 10.6. The molecule has 1 heterocycles. The average Bonchev–Trinajstić information content (AvgIpc) is 2.78. The molecule has 0 saturated carbocycles. The monoisotopic (exact) mass is 257 g/mol. The highest BCUT2D eigenvalue weighted by Gasteiger charge is 2.02. The quantitative estimate of drug-likeness (QED) is 0.655. The second-order valence-corrected chi connectivity index (χ2v) is 4.09. The van der Waals surface area contributed by atoms with E-state index >= 15 is 0 Å². The van der Waals surface area contributed by atoms with Crippen LogP contribution in [-0.4, -0.2) is 12.2 Å². The van der Waals surface area contributed by atoms with Crippen molar-refractivity contribution in [2.24, 2.45) is 5.10 Å². The molecule has 5 nitrogen and oxygen atoms in total. The second-order valence-electron chi connectivity index (χ2n) is 4.09. The molecule has 0 atom stereocenters. The van der Waals surface area contributed by atoms with Crippen molar-refractivity contribution >= 4 is 17.9 Å². The van der Waals surface area contributed by atoms with Gasteiger partial charge in [-0.3, -0.25) is 0 Å². The lowest BCUT2D eigenvalue weighted by atomic mass is 10.2. The Balaban J connectivity index is 1.88. The van der Waals surface area contributed by atoms with Crippen LogP contribution < -0.4 is 10.7 Å². The molecular weight excluding hydrogens is 242 g/mol. The Morgan fingerprint density at radius 3 is 2.68 bits per heavy atom. The summed E-state index contributed by atoms with van der Waals surface area (Å²) in [6.07, 6.45) is 1.45. The molecule has 0 spiro atoms. The van der Waals surface area contributed by atoms with Gasteiger partial charge in [0.2, 0.25) is 0 Å². The lowest BCUT2D eigenvalue weighted by molar-refractivity contribution is 0.252. The van der Waals surface area contributed by atoms with Crippen LogP contribution in [0.3, 0.4) is 0 Å². The fourth-order valence-corrected chi connectivity index (χ4v) is 1.54. The van der Waals surface area contributed by atoms with Crippen LogP contribution in [0.15, 0.2) is 45.9 Å². The van der Waals surface area contributed by atoms with Crippen molar-refractivity contribution in [2.75, 3.05) is 5.32 Å². The molecule has 0 unspecified atom stereocenters. The van der Waals surface area contributed by atoms with Gasteiger partial charge in [-0.05, 0) is 37.6 Å². The molecule has 1 aromatic heterocycles. The molecule has 2 amide bonds. The van der Waals surface area contributed by atoms with Crippen LogP contribution >= 0.6 is 0 Å². The van der Waals surface area contributed by atoms with Crippen LogP contribution in [0.25, 0.3) is 0 Å². The summed E-state index contributed by atoms with van der Waals surface area (Å²) in [6.45, 7) is 3.76. The highest BCUT2D eigenvalue weighted by Crippen LogP contribution is 2.12. The van der Waals surface area contributed by atoms with Gasteiger partial charge < -0.3 is 9.73 Å². The maximum absolute atomic E-state index is 11.6. The summed E-state index contributed by atoms with van der Waals surface area (Å²) < 4.78 is 5.28. The third-order valence-electron chi connectivity index (χ3n) is 2.51. The van der Waals surface area contributed by atoms with Gasteiger partial charge in [-0.25, -0.2) is 10.2 Å². The molecule has 0 aliphatic carbocycles. The first-order valence-electron chi connectivity index (χ1n) is 5.87. The van der Waals surface area contributed by atoms with Gasteiger partial charge in [-0.1, -0.05) is 18.2 Å². The van der Waals surface area contributed by atoms with Crippen LogP contribution in [0, 0.1) is 13.8 Å². The Labute approximate surface area is 111 Å². The number of para-hydroxylation sites is 1. The van der Waals surface area contributed by atoms with Crippen molar-refractivity contribution in [1.82, 2.24) is 5.43 Å². The van der Waals surface area contributed by atoms with Crippen molar-refractivity contribution < 1.29 is 9.21 Å². The maximum Gasteiger partial charge on any atom is 0.339 e. The zero-order valence-corrected chi connectivity index (χ0v) is 10.8. The predicted octanol–water partition coefficient (Wildman–Crippen LogP) is 3.05. The number of furan rings is 1. The number of carbonyl (C=O) groups excluding carboxylic acids is 1. The van der Waals surface area contributed by atoms with Crippen molar-refractivity contribution in [3.8, 4) is 0 Å². The lowest BCUT2D eigenvalue weighted by Crippen LogP contribution is -2.24. The fraction of sp³-hybridized carbons (Fsp3) is 0.143. The SMILES string of the molecule is Cc1ccc(C=NNC(=O)Nc2ccccc2C)o1. The Kier molecular flexibility index (Phi) is 3.97. The van der Waals surface area contributed by atoms with Crippen molar-refractivity contribution in [1.29, 1.82) is 0 Å². The van der Waals surface area contributed by atoms with E-state index in [4.69, 9.17) is 4.42 Å². The Hall–Kier alpha value is -2.56. The first-order chi connectivity index (χ1) is 9.15. The number of nitrogens with zero attached hydrogens (tertiary/aromatic N) is 1. The van der Waals surface area contributed by atoms with Gasteiger partial charge in [0, 0.05) is 5.69 Å². The van der Waals surface area contributed by atoms with E-state index < -0.39 is 6.03 Å². The summed E-state index contributed by atoms with van der Waals surface area (Å²) >= 11 is 0. The summed E-state index contributed by atoms with van der Waals surface area (Å²) in [6, 6.07) is 10.7. The first-order valence-corrected chi connectivity index (χ1v) is 5.87. The molecule has 98 valence electrons. The Morgan fingerprint density at radius 2 is 2.00 bits per heavy atom. The Bertz CT molecular complexity index is 602. The van der Waals surface area contributed by atoms with E-state index in [0.717, 1.165) is 17.0 Å². The smallest absolute Gasteiger partial charge is 0.339 e. The molecular formula is C14H15N3O2. The second kappa shape index (κ2) is 5.86. The van der Waals surface area contributed by atoms with Crippen molar-refractivity contribution in [3.05, 3.63) is 53.5 Å². The highest BCUT2D eigenvalue weighted by molar-refractivity contribution is 5.90. The number of amides is 2. The summed E-state index contributed by atoms with van der Waals surface area (Å²) in [5.41, 5.74) is 4.12. The van der Waals surface area contributed by atoms with Gasteiger partial charge in [0.15, 0.2) is 0 Å². The van der Waals surface area contributed by atoms with Crippen LogP contribution in [0.5, 0.6) is 0 Å². The van der Waals surface area contributed by atoms with E-state index in [9.17, 15) is 4.79 Å². The van der Waals surface area contributed by atoms with Gasteiger partial charge >= 0.3 is 6.03 Å². The summed E-state index contributed by atoms with van der Waals surface area (Å²) in [5.74, 6) is 1.39. The first kappa shape index (κ1) is 12.9. The van der Waals surface area contributed by atoms with Gasteiger partial charge in [-0.2, -0.15) is 5.10 Å². The van der Waals surface area contributed by atoms with Gasteiger partial charge in [0.25, 0.3) is 0 Å². The van der Waals surface area contributed by atoms with Crippen molar-refractivity contribution in [2.45, 2.75) is 13.8 Å². The zero-order chi connectivity index (χ0) is 13.7. The van der Waals surface area contributed by atoms with Gasteiger partial charge in [-0.15, -0.1) is 0 Å². The molecule has 0 aliphatic heterocycles. The molecule has 2 rings (SSSR count).